The lowest BCUT2D eigenvalue weighted by Gasteiger charge is -2.25. The van der Waals surface area contributed by atoms with E-state index in [-0.39, 0.29) is 12.3 Å². The van der Waals surface area contributed by atoms with Crippen molar-refractivity contribution in [1.82, 2.24) is 5.32 Å². The van der Waals surface area contributed by atoms with Crippen LogP contribution in [-0.2, 0) is 27.2 Å². The lowest BCUT2D eigenvalue weighted by molar-refractivity contribution is -0.147. The van der Waals surface area contributed by atoms with E-state index in [1.54, 1.807) is 7.11 Å². The molecule has 2 rings (SSSR count). The molecule has 108 valence electrons. The van der Waals surface area contributed by atoms with Gasteiger partial charge < -0.3 is 15.2 Å². The number of benzene rings is 1. The van der Waals surface area contributed by atoms with Crippen molar-refractivity contribution in [3.63, 3.8) is 0 Å². The van der Waals surface area contributed by atoms with Gasteiger partial charge in [-0.25, -0.2) is 4.79 Å². The standard InChI is InChI=1S/C15H19NO4/c1-20-8-4-7-13(17)16-15(14(18)19)9-11-5-2-3-6-12(11)10-15/h2-3,5-6H,4,7-10H2,1H3,(H,16,17)(H,18,19). The molecule has 5 nitrogen and oxygen atoms in total. The Morgan fingerprint density at radius 2 is 1.90 bits per heavy atom. The molecular weight excluding hydrogens is 258 g/mol. The summed E-state index contributed by atoms with van der Waals surface area (Å²) >= 11 is 0. The second-order valence-corrected chi connectivity index (χ2v) is 5.15. The van der Waals surface area contributed by atoms with Crippen LogP contribution in [0.15, 0.2) is 24.3 Å². The van der Waals surface area contributed by atoms with E-state index in [1.165, 1.54) is 0 Å². The zero-order valence-corrected chi connectivity index (χ0v) is 11.5. The number of methoxy groups -OCH3 is 1. The van der Waals surface area contributed by atoms with Gasteiger partial charge in [-0.1, -0.05) is 24.3 Å². The Morgan fingerprint density at radius 3 is 2.40 bits per heavy atom. The molecule has 20 heavy (non-hydrogen) atoms. The Balaban J connectivity index is 2.06. The van der Waals surface area contributed by atoms with Crippen LogP contribution in [0.3, 0.4) is 0 Å². The van der Waals surface area contributed by atoms with Gasteiger partial charge in [-0.05, 0) is 17.5 Å². The van der Waals surface area contributed by atoms with Gasteiger partial charge in [0.1, 0.15) is 5.54 Å². The maximum absolute atomic E-state index is 11.9. The highest BCUT2D eigenvalue weighted by Crippen LogP contribution is 2.30. The quantitative estimate of drug-likeness (QED) is 0.765. The average molecular weight is 277 g/mol. The molecule has 0 saturated heterocycles. The normalized spacial score (nSPS) is 15.7. The number of fused-ring (bicyclic) bond motifs is 1. The zero-order valence-electron chi connectivity index (χ0n) is 11.5. The fraction of sp³-hybridized carbons (Fsp3) is 0.467. The molecule has 1 aliphatic rings. The van der Waals surface area contributed by atoms with Crippen LogP contribution in [0.2, 0.25) is 0 Å². The van der Waals surface area contributed by atoms with Crippen molar-refractivity contribution in [1.29, 1.82) is 0 Å². The third-order valence-corrected chi connectivity index (χ3v) is 3.64. The third-order valence-electron chi connectivity index (χ3n) is 3.64. The molecule has 5 heteroatoms. The number of hydrogen-bond donors (Lipinski definition) is 2. The van der Waals surface area contributed by atoms with Crippen molar-refractivity contribution >= 4 is 11.9 Å². The summed E-state index contributed by atoms with van der Waals surface area (Å²) in [6.07, 6.45) is 1.55. The minimum absolute atomic E-state index is 0.239. The Hall–Kier alpha value is -1.88. The highest BCUT2D eigenvalue weighted by atomic mass is 16.5. The maximum Gasteiger partial charge on any atom is 0.330 e. The van der Waals surface area contributed by atoms with Gasteiger partial charge in [0.05, 0.1) is 0 Å². The number of carboxylic acids is 1. The predicted octanol–water partition coefficient (Wildman–Crippen LogP) is 1.15. The molecule has 1 aromatic carbocycles. The molecule has 1 aromatic rings. The van der Waals surface area contributed by atoms with E-state index in [2.05, 4.69) is 5.32 Å². The fourth-order valence-corrected chi connectivity index (χ4v) is 2.61. The van der Waals surface area contributed by atoms with E-state index in [9.17, 15) is 14.7 Å². The number of carbonyl (C=O) groups is 2. The summed E-state index contributed by atoms with van der Waals surface area (Å²) in [6, 6.07) is 7.60. The highest BCUT2D eigenvalue weighted by molar-refractivity contribution is 5.88. The van der Waals surface area contributed by atoms with E-state index in [0.29, 0.717) is 25.9 Å². The molecule has 0 fully saturated rings. The summed E-state index contributed by atoms with van der Waals surface area (Å²) in [5.41, 5.74) is 0.785. The maximum atomic E-state index is 11.9. The topological polar surface area (TPSA) is 75.6 Å². The van der Waals surface area contributed by atoms with Gasteiger partial charge in [0.2, 0.25) is 5.91 Å². The molecule has 0 bridgehead atoms. The van der Waals surface area contributed by atoms with Gasteiger partial charge in [-0.2, -0.15) is 0 Å². The SMILES string of the molecule is COCCCC(=O)NC1(C(=O)O)Cc2ccccc2C1. The van der Waals surface area contributed by atoms with Crippen molar-refractivity contribution in [2.75, 3.05) is 13.7 Å². The zero-order chi connectivity index (χ0) is 14.6. The number of hydrogen-bond acceptors (Lipinski definition) is 3. The van der Waals surface area contributed by atoms with E-state index in [1.807, 2.05) is 24.3 Å². The minimum Gasteiger partial charge on any atom is -0.479 e. The van der Waals surface area contributed by atoms with Crippen LogP contribution < -0.4 is 5.32 Å². The first-order valence-electron chi connectivity index (χ1n) is 6.67. The summed E-state index contributed by atoms with van der Waals surface area (Å²) in [5.74, 6) is -1.22. The van der Waals surface area contributed by atoms with Crippen LogP contribution >= 0.6 is 0 Å². The van der Waals surface area contributed by atoms with Crippen LogP contribution in [0.1, 0.15) is 24.0 Å². The highest BCUT2D eigenvalue weighted by Gasteiger charge is 2.45. The number of aliphatic carboxylic acids is 1. The van der Waals surface area contributed by atoms with Crippen molar-refractivity contribution in [2.45, 2.75) is 31.2 Å². The first-order valence-corrected chi connectivity index (χ1v) is 6.67. The van der Waals surface area contributed by atoms with Gasteiger partial charge in [0.15, 0.2) is 0 Å². The molecule has 0 spiro atoms. The molecule has 0 saturated carbocycles. The minimum atomic E-state index is -1.20. The number of carboxylic acid groups (broad SMARTS) is 1. The van der Waals surface area contributed by atoms with E-state index < -0.39 is 11.5 Å². The first kappa shape index (κ1) is 14.5. The summed E-state index contributed by atoms with van der Waals surface area (Å²) in [6.45, 7) is 0.494. The Labute approximate surface area is 117 Å². The molecule has 1 aliphatic carbocycles. The average Bonchev–Trinajstić information content (AvgIpc) is 2.78. The van der Waals surface area contributed by atoms with Crippen LogP contribution in [0, 0.1) is 0 Å². The summed E-state index contributed by atoms with van der Waals surface area (Å²) in [5, 5.41) is 12.2. The Kier molecular flexibility index (Phi) is 4.39. The summed E-state index contributed by atoms with van der Waals surface area (Å²) in [7, 11) is 1.57. The third kappa shape index (κ3) is 2.99. The van der Waals surface area contributed by atoms with E-state index >= 15 is 0 Å². The number of carbonyl (C=O) groups excluding carboxylic acids is 1. The van der Waals surface area contributed by atoms with Crippen molar-refractivity contribution in [3.8, 4) is 0 Å². The van der Waals surface area contributed by atoms with E-state index in [4.69, 9.17) is 4.74 Å². The first-order chi connectivity index (χ1) is 9.57. The van der Waals surface area contributed by atoms with Crippen LogP contribution in [-0.4, -0.2) is 36.2 Å². The molecule has 0 atom stereocenters. The van der Waals surface area contributed by atoms with Crippen molar-refractivity contribution in [2.24, 2.45) is 0 Å². The van der Waals surface area contributed by atoms with Crippen molar-refractivity contribution in [3.05, 3.63) is 35.4 Å². The van der Waals surface area contributed by atoms with E-state index in [0.717, 1.165) is 11.1 Å². The number of amides is 1. The molecular formula is C15H19NO4. The van der Waals surface area contributed by atoms with Gasteiger partial charge in [0, 0.05) is 33.0 Å². The molecule has 2 N–H and O–H groups in total. The van der Waals surface area contributed by atoms with Crippen LogP contribution in [0.25, 0.3) is 0 Å². The van der Waals surface area contributed by atoms with Crippen LogP contribution in [0.4, 0.5) is 0 Å². The molecule has 0 aliphatic heterocycles. The number of rotatable bonds is 6. The molecule has 0 aromatic heterocycles. The fourth-order valence-electron chi connectivity index (χ4n) is 2.61. The van der Waals surface area contributed by atoms with Crippen LogP contribution in [0.5, 0.6) is 0 Å². The van der Waals surface area contributed by atoms with Gasteiger partial charge in [-0.15, -0.1) is 0 Å². The molecule has 0 unspecified atom stereocenters. The van der Waals surface area contributed by atoms with Gasteiger partial charge in [-0.3, -0.25) is 4.79 Å². The predicted molar refractivity (Wildman–Crippen MR) is 73.5 cm³/mol. The lowest BCUT2D eigenvalue weighted by atomic mass is 9.95. The number of nitrogens with one attached hydrogen (secondary N) is 1. The molecule has 1 amide bonds. The Bertz CT molecular complexity index is 487. The lowest BCUT2D eigenvalue weighted by Crippen LogP contribution is -2.55. The second-order valence-electron chi connectivity index (χ2n) is 5.15. The smallest absolute Gasteiger partial charge is 0.330 e. The Morgan fingerprint density at radius 1 is 1.30 bits per heavy atom. The molecule has 0 heterocycles. The largest absolute Gasteiger partial charge is 0.479 e. The number of ether oxygens (including phenoxy) is 1. The summed E-state index contributed by atoms with van der Waals surface area (Å²) < 4.78 is 4.89. The van der Waals surface area contributed by atoms with Gasteiger partial charge in [0.25, 0.3) is 0 Å². The summed E-state index contributed by atoms with van der Waals surface area (Å²) in [4.78, 5) is 23.5. The van der Waals surface area contributed by atoms with Crippen molar-refractivity contribution < 1.29 is 19.4 Å². The molecule has 0 radical (unpaired) electrons. The second kappa shape index (κ2) is 6.05. The van der Waals surface area contributed by atoms with Gasteiger partial charge >= 0.3 is 5.97 Å². The monoisotopic (exact) mass is 277 g/mol.